The number of carbonyl (C=O) groups excluding carboxylic acids is 1. The van der Waals surface area contributed by atoms with Crippen molar-refractivity contribution in [1.29, 1.82) is 0 Å². The van der Waals surface area contributed by atoms with Crippen molar-refractivity contribution < 1.29 is 23.7 Å². The SMILES string of the molecule is COCC(=O)Nc1ccc(-n2nc(OC)nc2-c2ccc3c(c2)OCO3)cc1. The second-order valence-corrected chi connectivity index (χ2v) is 5.93. The summed E-state index contributed by atoms with van der Waals surface area (Å²) in [4.78, 5) is 16.1. The number of benzene rings is 2. The Bertz CT molecular complexity index is 1000. The van der Waals surface area contributed by atoms with Gasteiger partial charge in [0, 0.05) is 18.4 Å². The van der Waals surface area contributed by atoms with Crippen LogP contribution in [0.5, 0.6) is 17.5 Å². The van der Waals surface area contributed by atoms with E-state index in [4.69, 9.17) is 18.9 Å². The van der Waals surface area contributed by atoms with E-state index in [0.717, 1.165) is 11.3 Å². The number of rotatable bonds is 6. The van der Waals surface area contributed by atoms with Crippen molar-refractivity contribution in [1.82, 2.24) is 14.8 Å². The normalized spacial score (nSPS) is 12.1. The summed E-state index contributed by atoms with van der Waals surface area (Å²) in [6, 6.07) is 13.0. The molecule has 1 N–H and O–H groups in total. The Morgan fingerprint density at radius 3 is 2.68 bits per heavy atom. The highest BCUT2D eigenvalue weighted by Crippen LogP contribution is 2.36. The zero-order valence-corrected chi connectivity index (χ0v) is 15.3. The minimum Gasteiger partial charge on any atom is -0.466 e. The Morgan fingerprint density at radius 1 is 1.14 bits per heavy atom. The van der Waals surface area contributed by atoms with Crippen molar-refractivity contribution in [3.05, 3.63) is 42.5 Å². The van der Waals surface area contributed by atoms with Crippen LogP contribution in [0.4, 0.5) is 5.69 Å². The van der Waals surface area contributed by atoms with Crippen molar-refractivity contribution >= 4 is 11.6 Å². The first-order valence-corrected chi connectivity index (χ1v) is 8.48. The number of nitrogens with one attached hydrogen (secondary N) is 1. The maximum Gasteiger partial charge on any atom is 0.336 e. The van der Waals surface area contributed by atoms with Gasteiger partial charge in [0.05, 0.1) is 12.8 Å². The monoisotopic (exact) mass is 382 g/mol. The van der Waals surface area contributed by atoms with Gasteiger partial charge in [0.2, 0.25) is 12.7 Å². The molecule has 144 valence electrons. The second kappa shape index (κ2) is 7.57. The lowest BCUT2D eigenvalue weighted by Gasteiger charge is -2.08. The van der Waals surface area contributed by atoms with E-state index >= 15 is 0 Å². The van der Waals surface area contributed by atoms with Crippen LogP contribution < -0.4 is 19.5 Å². The molecule has 9 nitrogen and oxygen atoms in total. The van der Waals surface area contributed by atoms with Crippen molar-refractivity contribution in [2.24, 2.45) is 0 Å². The first kappa shape index (κ1) is 17.8. The third-order valence-corrected chi connectivity index (χ3v) is 4.07. The summed E-state index contributed by atoms with van der Waals surface area (Å²) < 4.78 is 22.5. The van der Waals surface area contributed by atoms with Crippen LogP contribution in [0.15, 0.2) is 42.5 Å². The summed E-state index contributed by atoms with van der Waals surface area (Å²) in [6.07, 6.45) is 0. The van der Waals surface area contributed by atoms with Crippen LogP contribution >= 0.6 is 0 Å². The lowest BCUT2D eigenvalue weighted by molar-refractivity contribution is -0.119. The predicted molar refractivity (Wildman–Crippen MR) is 100.0 cm³/mol. The van der Waals surface area contributed by atoms with Gasteiger partial charge in [-0.25, -0.2) is 4.68 Å². The number of fused-ring (bicyclic) bond motifs is 1. The average Bonchev–Trinajstić information content (AvgIpc) is 3.35. The molecule has 0 aliphatic carbocycles. The minimum absolute atomic E-state index is 0.00368. The first-order valence-electron chi connectivity index (χ1n) is 8.48. The molecule has 0 radical (unpaired) electrons. The Morgan fingerprint density at radius 2 is 1.93 bits per heavy atom. The van der Waals surface area contributed by atoms with Gasteiger partial charge in [-0.2, -0.15) is 4.98 Å². The molecule has 3 aromatic rings. The summed E-state index contributed by atoms with van der Waals surface area (Å²) in [6.45, 7) is 0.196. The average molecular weight is 382 g/mol. The van der Waals surface area contributed by atoms with Crippen LogP contribution in [0, 0.1) is 0 Å². The van der Waals surface area contributed by atoms with E-state index in [0.29, 0.717) is 23.0 Å². The van der Waals surface area contributed by atoms with Gasteiger partial charge < -0.3 is 24.3 Å². The number of ether oxygens (including phenoxy) is 4. The number of methoxy groups -OCH3 is 2. The summed E-state index contributed by atoms with van der Waals surface area (Å²) in [5.41, 5.74) is 2.22. The molecule has 2 aromatic carbocycles. The van der Waals surface area contributed by atoms with Crippen molar-refractivity contribution in [2.75, 3.05) is 32.9 Å². The highest BCUT2D eigenvalue weighted by Gasteiger charge is 2.19. The number of aromatic nitrogens is 3. The van der Waals surface area contributed by atoms with Gasteiger partial charge in [-0.1, -0.05) is 0 Å². The molecule has 9 heteroatoms. The highest BCUT2D eigenvalue weighted by molar-refractivity contribution is 5.91. The van der Waals surface area contributed by atoms with E-state index in [1.165, 1.54) is 14.2 Å². The molecule has 1 aromatic heterocycles. The van der Waals surface area contributed by atoms with Crippen LogP contribution in [0.1, 0.15) is 0 Å². The molecule has 1 aliphatic heterocycles. The van der Waals surface area contributed by atoms with Crippen LogP contribution in [0.25, 0.3) is 17.1 Å². The zero-order valence-electron chi connectivity index (χ0n) is 15.3. The summed E-state index contributed by atoms with van der Waals surface area (Å²) in [5.74, 6) is 1.71. The van der Waals surface area contributed by atoms with Crippen molar-refractivity contribution in [3.63, 3.8) is 0 Å². The van der Waals surface area contributed by atoms with Gasteiger partial charge in [0.1, 0.15) is 6.61 Å². The van der Waals surface area contributed by atoms with E-state index in [1.54, 1.807) is 16.8 Å². The number of anilines is 1. The third kappa shape index (κ3) is 3.47. The molecule has 0 spiro atoms. The molecular formula is C19H18N4O5. The molecule has 2 heterocycles. The largest absolute Gasteiger partial charge is 0.466 e. The molecule has 0 bridgehead atoms. The third-order valence-electron chi connectivity index (χ3n) is 4.07. The van der Waals surface area contributed by atoms with Crippen LogP contribution in [-0.4, -0.2) is 48.3 Å². The maximum absolute atomic E-state index is 11.6. The number of carbonyl (C=O) groups is 1. The van der Waals surface area contributed by atoms with Gasteiger partial charge in [0.15, 0.2) is 17.3 Å². The highest BCUT2D eigenvalue weighted by atomic mass is 16.7. The fourth-order valence-corrected chi connectivity index (χ4v) is 2.80. The fraction of sp³-hybridized carbons (Fsp3) is 0.211. The molecule has 4 rings (SSSR count). The Labute approximate surface area is 160 Å². The zero-order chi connectivity index (χ0) is 19.5. The number of nitrogens with zero attached hydrogens (tertiary/aromatic N) is 3. The van der Waals surface area contributed by atoms with E-state index in [1.807, 2.05) is 30.3 Å². The molecule has 0 saturated heterocycles. The number of hydrogen-bond donors (Lipinski definition) is 1. The number of amides is 1. The molecule has 1 aliphatic rings. The molecule has 28 heavy (non-hydrogen) atoms. The second-order valence-electron chi connectivity index (χ2n) is 5.93. The van der Waals surface area contributed by atoms with Gasteiger partial charge in [-0.3, -0.25) is 4.79 Å². The van der Waals surface area contributed by atoms with Crippen LogP contribution in [-0.2, 0) is 9.53 Å². The summed E-state index contributed by atoms with van der Waals surface area (Å²) in [5, 5.41) is 7.14. The lowest BCUT2D eigenvalue weighted by Crippen LogP contribution is -2.17. The van der Waals surface area contributed by atoms with E-state index in [-0.39, 0.29) is 25.3 Å². The molecule has 0 fully saturated rings. The minimum atomic E-state index is -0.223. The smallest absolute Gasteiger partial charge is 0.336 e. The summed E-state index contributed by atoms with van der Waals surface area (Å²) >= 11 is 0. The maximum atomic E-state index is 11.6. The van der Waals surface area contributed by atoms with E-state index in [9.17, 15) is 4.79 Å². The van der Waals surface area contributed by atoms with Crippen molar-refractivity contribution in [3.8, 4) is 34.6 Å². The molecule has 0 saturated carbocycles. The Kier molecular flexibility index (Phi) is 4.81. The van der Waals surface area contributed by atoms with Crippen LogP contribution in [0.3, 0.4) is 0 Å². The summed E-state index contributed by atoms with van der Waals surface area (Å²) in [7, 11) is 2.98. The molecule has 0 unspecified atom stereocenters. The van der Waals surface area contributed by atoms with Gasteiger partial charge in [-0.05, 0) is 42.5 Å². The standard InChI is InChI=1S/C19H18N4O5/c1-25-10-17(24)20-13-4-6-14(7-5-13)23-18(21-19(22-23)26-2)12-3-8-15-16(9-12)28-11-27-15/h3-9H,10-11H2,1-2H3,(H,20,24). The van der Waals surface area contributed by atoms with Gasteiger partial charge in [-0.15, -0.1) is 5.10 Å². The molecule has 1 amide bonds. The fourth-order valence-electron chi connectivity index (χ4n) is 2.80. The van der Waals surface area contributed by atoms with Gasteiger partial charge >= 0.3 is 6.01 Å². The quantitative estimate of drug-likeness (QED) is 0.698. The van der Waals surface area contributed by atoms with Crippen LogP contribution in [0.2, 0.25) is 0 Å². The first-order chi connectivity index (χ1) is 13.7. The lowest BCUT2D eigenvalue weighted by atomic mass is 10.2. The Hall–Kier alpha value is -3.59. The predicted octanol–water partition coefficient (Wildman–Crippen LogP) is 2.26. The van der Waals surface area contributed by atoms with E-state index < -0.39 is 0 Å². The van der Waals surface area contributed by atoms with E-state index in [2.05, 4.69) is 15.4 Å². The topological polar surface area (TPSA) is 96.7 Å². The number of hydrogen-bond acceptors (Lipinski definition) is 7. The van der Waals surface area contributed by atoms with Crippen molar-refractivity contribution in [2.45, 2.75) is 0 Å². The molecular weight excluding hydrogens is 364 g/mol. The van der Waals surface area contributed by atoms with Gasteiger partial charge in [0.25, 0.3) is 0 Å². The molecule has 0 atom stereocenters. The Balaban J connectivity index is 1.66.